The molecule has 0 spiro atoms. The molecular formula is C15H16N2OS. The summed E-state index contributed by atoms with van der Waals surface area (Å²) in [6, 6.07) is 0. The maximum Gasteiger partial charge on any atom is 0.188 e. The predicted octanol–water partition coefficient (Wildman–Crippen LogP) is 3.36. The third-order valence-electron chi connectivity index (χ3n) is 3.40. The van der Waals surface area contributed by atoms with Crippen molar-refractivity contribution >= 4 is 17.5 Å². The van der Waals surface area contributed by atoms with E-state index in [1.165, 1.54) is 5.57 Å². The summed E-state index contributed by atoms with van der Waals surface area (Å²) in [4.78, 5) is 20.6. The molecule has 0 radical (unpaired) electrons. The predicted molar refractivity (Wildman–Crippen MR) is 76.5 cm³/mol. The van der Waals surface area contributed by atoms with Gasteiger partial charge >= 0.3 is 0 Å². The lowest BCUT2D eigenvalue weighted by Crippen LogP contribution is -2.14. The van der Waals surface area contributed by atoms with Gasteiger partial charge in [0.25, 0.3) is 0 Å². The Balaban J connectivity index is 1.71. The summed E-state index contributed by atoms with van der Waals surface area (Å²) in [6.07, 6.45) is 13.2. The van der Waals surface area contributed by atoms with Crippen molar-refractivity contribution in [1.82, 2.24) is 9.97 Å². The van der Waals surface area contributed by atoms with Crippen LogP contribution in [0.15, 0.2) is 35.2 Å². The minimum Gasteiger partial charge on any atom is -0.292 e. The van der Waals surface area contributed by atoms with Crippen LogP contribution in [0.2, 0.25) is 0 Å². The number of aryl methyl sites for hydroxylation is 1. The van der Waals surface area contributed by atoms with Gasteiger partial charge in [-0.2, -0.15) is 0 Å². The molecule has 0 saturated carbocycles. The van der Waals surface area contributed by atoms with E-state index in [0.717, 1.165) is 37.0 Å². The second kappa shape index (κ2) is 5.70. The van der Waals surface area contributed by atoms with E-state index in [0.29, 0.717) is 17.3 Å². The maximum absolute atomic E-state index is 11.8. The molecule has 0 N–H and O–H groups in total. The monoisotopic (exact) mass is 272 g/mol. The second-order valence-corrected chi connectivity index (χ2v) is 5.79. The highest BCUT2D eigenvalue weighted by Gasteiger charge is 2.19. The molecule has 0 atom stereocenters. The van der Waals surface area contributed by atoms with Gasteiger partial charge in [0.05, 0.1) is 0 Å². The first-order chi connectivity index (χ1) is 9.33. The quantitative estimate of drug-likeness (QED) is 0.625. The molecule has 0 bridgehead atoms. The van der Waals surface area contributed by atoms with Gasteiger partial charge in [-0.3, -0.25) is 4.79 Å². The van der Waals surface area contributed by atoms with Crippen molar-refractivity contribution in [2.24, 2.45) is 0 Å². The molecule has 0 aliphatic heterocycles. The van der Waals surface area contributed by atoms with E-state index in [2.05, 4.69) is 28.2 Å². The maximum atomic E-state index is 11.8. The molecule has 4 heteroatoms. The van der Waals surface area contributed by atoms with Crippen LogP contribution in [0.25, 0.3) is 0 Å². The number of carbonyl (C=O) groups is 1. The molecule has 1 aromatic heterocycles. The highest BCUT2D eigenvalue weighted by atomic mass is 32.2. The van der Waals surface area contributed by atoms with Gasteiger partial charge in [-0.1, -0.05) is 30.0 Å². The Labute approximate surface area is 117 Å². The fourth-order valence-corrected chi connectivity index (χ4v) is 3.16. The minimum absolute atomic E-state index is 0.169. The van der Waals surface area contributed by atoms with Crippen molar-refractivity contribution in [3.63, 3.8) is 0 Å². The van der Waals surface area contributed by atoms with Crippen molar-refractivity contribution in [3.05, 3.63) is 41.3 Å². The lowest BCUT2D eigenvalue weighted by atomic mass is 9.96. The molecule has 0 aromatic carbocycles. The van der Waals surface area contributed by atoms with E-state index in [4.69, 9.17) is 0 Å². The van der Waals surface area contributed by atoms with E-state index in [1.54, 1.807) is 11.8 Å². The molecule has 2 aliphatic carbocycles. The number of Topliss-reactive ketones (excluding diaryl/α,β-unsaturated/α-hetero) is 1. The van der Waals surface area contributed by atoms with Gasteiger partial charge in [0.15, 0.2) is 10.9 Å². The summed E-state index contributed by atoms with van der Waals surface area (Å²) in [5, 5.41) is 0.717. The fraction of sp³-hybridized carbons (Fsp3) is 0.400. The first-order valence-electron chi connectivity index (χ1n) is 6.70. The molecule has 2 aliphatic rings. The molecule has 0 saturated heterocycles. The Hall–Kier alpha value is -1.42. The second-order valence-electron chi connectivity index (χ2n) is 4.85. The van der Waals surface area contributed by atoms with Gasteiger partial charge < -0.3 is 0 Å². The number of hydrogen-bond donors (Lipinski definition) is 0. The smallest absolute Gasteiger partial charge is 0.188 e. The molecule has 0 amide bonds. The number of nitrogens with zero attached hydrogens (tertiary/aromatic N) is 2. The largest absolute Gasteiger partial charge is 0.292 e. The Kier molecular flexibility index (Phi) is 3.78. The van der Waals surface area contributed by atoms with Gasteiger partial charge in [0.2, 0.25) is 0 Å². The first kappa shape index (κ1) is 12.6. The normalized spacial score (nSPS) is 18.1. The van der Waals surface area contributed by atoms with Crippen LogP contribution in [0, 0.1) is 0 Å². The number of rotatable bonds is 3. The number of allylic oxidation sites excluding steroid dienone is 3. The van der Waals surface area contributed by atoms with Crippen LogP contribution in [0.5, 0.6) is 0 Å². The van der Waals surface area contributed by atoms with Gasteiger partial charge in [-0.15, -0.1) is 0 Å². The number of aromatic nitrogens is 2. The molecular weight excluding hydrogens is 256 g/mol. The Morgan fingerprint density at radius 1 is 1.26 bits per heavy atom. The average molecular weight is 272 g/mol. The lowest BCUT2D eigenvalue weighted by molar-refractivity contribution is 0.0966. The first-order valence-corrected chi connectivity index (χ1v) is 7.69. The van der Waals surface area contributed by atoms with Crippen LogP contribution in [0.1, 0.15) is 41.7 Å². The third kappa shape index (κ3) is 2.95. The molecule has 1 heterocycles. The summed E-state index contributed by atoms with van der Waals surface area (Å²) in [5.41, 5.74) is 2.98. The van der Waals surface area contributed by atoms with E-state index in [1.807, 2.05) is 6.20 Å². The average Bonchev–Trinajstić information content (AvgIpc) is 2.47. The highest BCUT2D eigenvalue weighted by Crippen LogP contribution is 2.24. The van der Waals surface area contributed by atoms with Crippen LogP contribution in [0.4, 0.5) is 0 Å². The summed E-state index contributed by atoms with van der Waals surface area (Å²) in [7, 11) is 0. The molecule has 98 valence electrons. The van der Waals surface area contributed by atoms with Crippen molar-refractivity contribution in [2.75, 3.05) is 5.75 Å². The third-order valence-corrected chi connectivity index (χ3v) is 4.33. The van der Waals surface area contributed by atoms with Crippen LogP contribution < -0.4 is 0 Å². The van der Waals surface area contributed by atoms with Crippen LogP contribution in [-0.4, -0.2) is 21.5 Å². The van der Waals surface area contributed by atoms with Crippen LogP contribution in [-0.2, 0) is 6.42 Å². The molecule has 0 fully saturated rings. The zero-order valence-corrected chi connectivity index (χ0v) is 11.6. The molecule has 0 unspecified atom stereocenters. The van der Waals surface area contributed by atoms with Crippen molar-refractivity contribution in [3.8, 4) is 0 Å². The van der Waals surface area contributed by atoms with Crippen molar-refractivity contribution in [2.45, 2.75) is 37.3 Å². The molecule has 19 heavy (non-hydrogen) atoms. The van der Waals surface area contributed by atoms with E-state index in [9.17, 15) is 4.79 Å². The summed E-state index contributed by atoms with van der Waals surface area (Å²) >= 11 is 1.61. The Morgan fingerprint density at radius 2 is 2.21 bits per heavy atom. The van der Waals surface area contributed by atoms with E-state index < -0.39 is 0 Å². The number of carbonyl (C=O) groups excluding carboxylic acids is 1. The SMILES string of the molecule is O=C1CCCc2cnc(SCC3=CCCC=C3)nc21. The number of ketones is 1. The van der Waals surface area contributed by atoms with Crippen LogP contribution in [0.3, 0.4) is 0 Å². The Bertz CT molecular complexity index is 563. The molecule has 1 aromatic rings. The van der Waals surface area contributed by atoms with E-state index in [-0.39, 0.29) is 5.78 Å². The van der Waals surface area contributed by atoms with Gasteiger partial charge in [0.1, 0.15) is 5.69 Å². The molecule has 3 rings (SSSR count). The minimum atomic E-state index is 0.169. The van der Waals surface area contributed by atoms with Crippen LogP contribution >= 0.6 is 11.8 Å². The van der Waals surface area contributed by atoms with Crippen molar-refractivity contribution in [1.29, 1.82) is 0 Å². The summed E-state index contributed by atoms with van der Waals surface area (Å²) in [5.74, 6) is 1.05. The standard InChI is InChI=1S/C15H16N2OS/c18-13-8-4-7-12-9-16-15(17-14(12)13)19-10-11-5-2-1-3-6-11/h2,5-6,9H,1,3-4,7-8,10H2. The van der Waals surface area contributed by atoms with Gasteiger partial charge in [-0.05, 0) is 36.8 Å². The summed E-state index contributed by atoms with van der Waals surface area (Å²) in [6.45, 7) is 0. The number of fused-ring (bicyclic) bond motifs is 1. The zero-order chi connectivity index (χ0) is 13.1. The number of thioether (sulfide) groups is 1. The van der Waals surface area contributed by atoms with Gasteiger partial charge in [0, 0.05) is 18.4 Å². The topological polar surface area (TPSA) is 42.9 Å². The highest BCUT2D eigenvalue weighted by molar-refractivity contribution is 7.99. The summed E-state index contributed by atoms with van der Waals surface area (Å²) < 4.78 is 0. The molecule has 3 nitrogen and oxygen atoms in total. The van der Waals surface area contributed by atoms with E-state index >= 15 is 0 Å². The van der Waals surface area contributed by atoms with Crippen molar-refractivity contribution < 1.29 is 4.79 Å². The van der Waals surface area contributed by atoms with Gasteiger partial charge in [-0.25, -0.2) is 9.97 Å². The fourth-order valence-electron chi connectivity index (χ4n) is 2.36. The Morgan fingerprint density at radius 3 is 3.05 bits per heavy atom. The number of hydrogen-bond acceptors (Lipinski definition) is 4. The zero-order valence-electron chi connectivity index (χ0n) is 10.8. The lowest BCUT2D eigenvalue weighted by Gasteiger charge is -2.13.